The Bertz CT molecular complexity index is 246. The molecule has 18 heavy (non-hydrogen) atoms. The highest BCUT2D eigenvalue weighted by atomic mass is 35.5. The van der Waals surface area contributed by atoms with Gasteiger partial charge in [0.15, 0.2) is 0 Å². The summed E-state index contributed by atoms with van der Waals surface area (Å²) in [6.45, 7) is 4.24. The Labute approximate surface area is 106 Å². The van der Waals surface area contributed by atoms with E-state index in [-0.39, 0.29) is 5.92 Å². The molecule has 0 aromatic heterocycles. The number of alkyl halides is 6. The zero-order valence-electron chi connectivity index (χ0n) is 10.1. The molecule has 0 rings (SSSR count). The van der Waals surface area contributed by atoms with Gasteiger partial charge in [-0.15, -0.1) is 0 Å². The molecule has 110 valence electrons. The maximum Gasteiger partial charge on any atom is 0.389 e. The normalized spacial score (nSPS) is 13.9. The summed E-state index contributed by atoms with van der Waals surface area (Å²) in [6.07, 6.45) is -10.1. The van der Waals surface area contributed by atoms with Gasteiger partial charge in [-0.1, -0.05) is 20.8 Å². The second-order valence-electron chi connectivity index (χ2n) is 4.24. The van der Waals surface area contributed by atoms with Crippen molar-refractivity contribution in [2.24, 2.45) is 11.8 Å². The van der Waals surface area contributed by atoms with Crippen LogP contribution >= 0.6 is 11.6 Å². The molecule has 1 atom stereocenters. The van der Waals surface area contributed by atoms with Crippen LogP contribution in [0.1, 0.15) is 33.6 Å². The minimum atomic E-state index is -4.30. The third-order valence-corrected chi connectivity index (χ3v) is 1.94. The molecule has 0 radical (unpaired) electrons. The van der Waals surface area contributed by atoms with Crippen molar-refractivity contribution < 1.29 is 31.1 Å². The Morgan fingerprint density at radius 2 is 1.28 bits per heavy atom. The van der Waals surface area contributed by atoms with Gasteiger partial charge in [-0.2, -0.15) is 26.3 Å². The fraction of sp³-hybridized carbons (Fsp3) is 0.900. The van der Waals surface area contributed by atoms with E-state index in [1.807, 2.05) is 0 Å². The smallest absolute Gasteiger partial charge is 0.281 e. The molecule has 0 amide bonds. The maximum absolute atomic E-state index is 11.5. The molecular formula is C10H15ClF6O. The molecular weight excluding hydrogens is 286 g/mol. The van der Waals surface area contributed by atoms with Crippen molar-refractivity contribution in [3.8, 4) is 0 Å². The quantitative estimate of drug-likeness (QED) is 0.533. The Morgan fingerprint density at radius 1 is 0.944 bits per heavy atom. The summed E-state index contributed by atoms with van der Waals surface area (Å²) < 4.78 is 68.3. The van der Waals surface area contributed by atoms with Gasteiger partial charge < -0.3 is 0 Å². The summed E-state index contributed by atoms with van der Waals surface area (Å²) in [5.41, 5.74) is 0. The predicted molar refractivity (Wildman–Crippen MR) is 56.2 cm³/mol. The predicted octanol–water partition coefficient (Wildman–Crippen LogP) is 4.94. The van der Waals surface area contributed by atoms with Crippen LogP contribution in [0.3, 0.4) is 0 Å². The molecule has 0 N–H and O–H groups in total. The van der Waals surface area contributed by atoms with Gasteiger partial charge in [0.05, 0.1) is 6.42 Å². The van der Waals surface area contributed by atoms with E-state index in [1.54, 1.807) is 13.8 Å². The van der Waals surface area contributed by atoms with E-state index in [1.165, 1.54) is 0 Å². The van der Waals surface area contributed by atoms with Crippen molar-refractivity contribution in [3.63, 3.8) is 0 Å². The average molecular weight is 301 g/mol. The van der Waals surface area contributed by atoms with Crippen molar-refractivity contribution in [2.45, 2.75) is 46.0 Å². The van der Waals surface area contributed by atoms with E-state index in [2.05, 4.69) is 0 Å². The summed E-state index contributed by atoms with van der Waals surface area (Å²) in [6, 6.07) is 0. The van der Waals surface area contributed by atoms with Crippen molar-refractivity contribution in [3.05, 3.63) is 0 Å². The van der Waals surface area contributed by atoms with Crippen molar-refractivity contribution >= 4 is 16.8 Å². The standard InChI is InChI=1S/C5H6ClF3O.C5H9F3/c1-3(4(6)10)2-5(7,8)9;1-4(2)3-5(6,7)8/h3H,2H2,1H3;4H,3H2,1-2H3. The molecule has 0 saturated carbocycles. The zero-order valence-corrected chi connectivity index (χ0v) is 10.9. The van der Waals surface area contributed by atoms with Gasteiger partial charge in [-0.05, 0) is 17.5 Å². The maximum atomic E-state index is 11.5. The number of carbonyl (C=O) groups is 1. The lowest BCUT2D eigenvalue weighted by atomic mass is 10.1. The van der Waals surface area contributed by atoms with Crippen molar-refractivity contribution in [1.29, 1.82) is 0 Å². The van der Waals surface area contributed by atoms with Crippen LogP contribution in [0, 0.1) is 11.8 Å². The molecule has 0 aliphatic carbocycles. The van der Waals surface area contributed by atoms with Crippen LogP contribution in [-0.2, 0) is 4.79 Å². The highest BCUT2D eigenvalue weighted by Crippen LogP contribution is 2.25. The lowest BCUT2D eigenvalue weighted by molar-refractivity contribution is -0.148. The van der Waals surface area contributed by atoms with Crippen molar-refractivity contribution in [1.82, 2.24) is 0 Å². The van der Waals surface area contributed by atoms with E-state index in [0.717, 1.165) is 6.92 Å². The summed E-state index contributed by atoms with van der Waals surface area (Å²) in [4.78, 5) is 10.1. The first kappa shape index (κ1) is 19.9. The molecule has 0 fully saturated rings. The molecule has 0 aliphatic rings. The van der Waals surface area contributed by atoms with Crippen molar-refractivity contribution in [2.75, 3.05) is 0 Å². The lowest BCUT2D eigenvalue weighted by Crippen LogP contribution is -2.16. The van der Waals surface area contributed by atoms with Gasteiger partial charge in [0.25, 0.3) is 0 Å². The number of hydrogen-bond donors (Lipinski definition) is 0. The molecule has 0 aromatic carbocycles. The Balaban J connectivity index is 0. The SMILES string of the molecule is CC(C)CC(F)(F)F.CC(CC(F)(F)F)C(=O)Cl. The van der Waals surface area contributed by atoms with Crippen LogP contribution in [0.2, 0.25) is 0 Å². The van der Waals surface area contributed by atoms with E-state index < -0.39 is 36.4 Å². The fourth-order valence-corrected chi connectivity index (χ4v) is 0.967. The summed E-state index contributed by atoms with van der Waals surface area (Å²) in [7, 11) is 0. The topological polar surface area (TPSA) is 17.1 Å². The summed E-state index contributed by atoms with van der Waals surface area (Å²) in [5, 5.41) is -0.947. The second-order valence-corrected chi connectivity index (χ2v) is 4.61. The second kappa shape index (κ2) is 7.86. The first-order valence-electron chi connectivity index (χ1n) is 5.07. The van der Waals surface area contributed by atoms with Crippen LogP contribution < -0.4 is 0 Å². The number of halogens is 7. The zero-order chi connectivity index (χ0) is 15.1. The van der Waals surface area contributed by atoms with Gasteiger partial charge in [-0.25, -0.2) is 0 Å². The van der Waals surface area contributed by atoms with Gasteiger partial charge in [0.1, 0.15) is 0 Å². The molecule has 0 spiro atoms. The molecule has 0 heterocycles. The first-order valence-corrected chi connectivity index (χ1v) is 5.45. The Morgan fingerprint density at radius 3 is 1.33 bits per heavy atom. The van der Waals surface area contributed by atoms with Gasteiger partial charge in [0.2, 0.25) is 5.24 Å². The van der Waals surface area contributed by atoms with Crippen LogP contribution in [0.15, 0.2) is 0 Å². The molecule has 0 aliphatic heterocycles. The third kappa shape index (κ3) is 17.9. The van der Waals surface area contributed by atoms with Crippen LogP contribution in [0.5, 0.6) is 0 Å². The highest BCUT2D eigenvalue weighted by molar-refractivity contribution is 6.63. The first-order chi connectivity index (χ1) is 7.74. The van der Waals surface area contributed by atoms with E-state index >= 15 is 0 Å². The number of carbonyl (C=O) groups excluding carboxylic acids is 1. The number of hydrogen-bond acceptors (Lipinski definition) is 1. The molecule has 1 nitrogen and oxygen atoms in total. The fourth-order valence-electron chi connectivity index (χ4n) is 0.890. The third-order valence-electron chi connectivity index (χ3n) is 1.56. The Hall–Kier alpha value is -0.460. The molecule has 0 aromatic rings. The molecule has 8 heteroatoms. The van der Waals surface area contributed by atoms with E-state index in [9.17, 15) is 31.1 Å². The van der Waals surface area contributed by atoms with E-state index in [4.69, 9.17) is 11.6 Å². The van der Waals surface area contributed by atoms with Crippen LogP contribution in [0.25, 0.3) is 0 Å². The Kier molecular flexibility index (Phi) is 8.68. The lowest BCUT2D eigenvalue weighted by Gasteiger charge is -2.08. The van der Waals surface area contributed by atoms with Gasteiger partial charge >= 0.3 is 12.4 Å². The van der Waals surface area contributed by atoms with Gasteiger partial charge in [-0.3, -0.25) is 4.79 Å². The molecule has 1 unspecified atom stereocenters. The summed E-state index contributed by atoms with van der Waals surface area (Å²) in [5.74, 6) is -1.42. The van der Waals surface area contributed by atoms with Crippen LogP contribution in [-0.4, -0.2) is 17.6 Å². The molecule has 0 bridgehead atoms. The minimum Gasteiger partial charge on any atom is -0.281 e. The highest BCUT2D eigenvalue weighted by Gasteiger charge is 2.32. The summed E-state index contributed by atoms with van der Waals surface area (Å²) >= 11 is 4.80. The average Bonchev–Trinajstić information content (AvgIpc) is 1.95. The minimum absolute atomic E-state index is 0.282. The van der Waals surface area contributed by atoms with Crippen LogP contribution in [0.4, 0.5) is 26.3 Å². The van der Waals surface area contributed by atoms with E-state index in [0.29, 0.717) is 0 Å². The number of rotatable bonds is 3. The monoisotopic (exact) mass is 300 g/mol. The largest absolute Gasteiger partial charge is 0.389 e. The van der Waals surface area contributed by atoms with Gasteiger partial charge in [0, 0.05) is 12.3 Å². The molecule has 0 saturated heterocycles.